The monoisotopic (exact) mass is 248 g/mol. The number of phenolic OH excluding ortho intramolecular Hbond substituents is 1. The van der Waals surface area contributed by atoms with E-state index in [9.17, 15) is 5.11 Å². The molecule has 0 aromatic heterocycles. The number of halogens is 1. The molecule has 2 aromatic carbocycles. The van der Waals surface area contributed by atoms with Gasteiger partial charge in [-0.25, -0.2) is 0 Å². The van der Waals surface area contributed by atoms with Crippen LogP contribution in [0.25, 0.3) is 0 Å². The standard InChI is InChI=1S/C14H13ClO2/c1-10-8-11(2-7-14(10)16)9-17-13-5-3-12(15)4-6-13/h2-8,16H,9H2,1H3. The Kier molecular flexibility index (Phi) is 3.55. The van der Waals surface area contributed by atoms with Crippen LogP contribution < -0.4 is 4.74 Å². The topological polar surface area (TPSA) is 29.5 Å². The van der Waals surface area contributed by atoms with Gasteiger partial charge in [-0.3, -0.25) is 0 Å². The third-order valence-corrected chi connectivity index (χ3v) is 2.73. The number of hydrogen-bond acceptors (Lipinski definition) is 2. The molecule has 0 saturated carbocycles. The van der Waals surface area contributed by atoms with Gasteiger partial charge in [0.2, 0.25) is 0 Å². The van der Waals surface area contributed by atoms with E-state index in [1.165, 1.54) is 0 Å². The fourth-order valence-electron chi connectivity index (χ4n) is 1.50. The number of phenols is 1. The van der Waals surface area contributed by atoms with E-state index in [0.717, 1.165) is 16.9 Å². The van der Waals surface area contributed by atoms with Gasteiger partial charge in [-0.15, -0.1) is 0 Å². The number of hydrogen-bond donors (Lipinski definition) is 1. The molecule has 0 aliphatic heterocycles. The Balaban J connectivity index is 2.02. The Morgan fingerprint density at radius 1 is 1.12 bits per heavy atom. The van der Waals surface area contributed by atoms with Gasteiger partial charge in [0.05, 0.1) is 0 Å². The highest BCUT2D eigenvalue weighted by Crippen LogP contribution is 2.20. The van der Waals surface area contributed by atoms with E-state index in [1.807, 2.05) is 31.2 Å². The van der Waals surface area contributed by atoms with Crippen LogP contribution in [-0.2, 0) is 6.61 Å². The van der Waals surface area contributed by atoms with Gasteiger partial charge >= 0.3 is 0 Å². The van der Waals surface area contributed by atoms with Gasteiger partial charge in [0.1, 0.15) is 18.1 Å². The number of benzene rings is 2. The summed E-state index contributed by atoms with van der Waals surface area (Å²) >= 11 is 5.78. The zero-order valence-corrected chi connectivity index (χ0v) is 10.2. The molecule has 0 saturated heterocycles. The van der Waals surface area contributed by atoms with E-state index >= 15 is 0 Å². The van der Waals surface area contributed by atoms with Crippen molar-refractivity contribution in [3.05, 3.63) is 58.6 Å². The van der Waals surface area contributed by atoms with Gasteiger partial charge in [-0.2, -0.15) is 0 Å². The average molecular weight is 249 g/mol. The molecule has 0 atom stereocenters. The lowest BCUT2D eigenvalue weighted by Gasteiger charge is -2.07. The molecule has 0 aliphatic carbocycles. The lowest BCUT2D eigenvalue weighted by Crippen LogP contribution is -1.95. The van der Waals surface area contributed by atoms with Crippen molar-refractivity contribution in [2.75, 3.05) is 0 Å². The smallest absolute Gasteiger partial charge is 0.119 e. The summed E-state index contributed by atoms with van der Waals surface area (Å²) in [5, 5.41) is 10.1. The summed E-state index contributed by atoms with van der Waals surface area (Å²) in [6.07, 6.45) is 0. The van der Waals surface area contributed by atoms with Gasteiger partial charge in [-0.05, 0) is 54.4 Å². The molecule has 0 radical (unpaired) electrons. The van der Waals surface area contributed by atoms with Crippen LogP contribution in [0.2, 0.25) is 5.02 Å². The van der Waals surface area contributed by atoms with E-state index in [-0.39, 0.29) is 0 Å². The maximum atomic E-state index is 9.40. The van der Waals surface area contributed by atoms with Crippen molar-refractivity contribution < 1.29 is 9.84 Å². The lowest BCUT2D eigenvalue weighted by molar-refractivity contribution is 0.306. The van der Waals surface area contributed by atoms with Crippen LogP contribution in [0.4, 0.5) is 0 Å². The van der Waals surface area contributed by atoms with E-state index in [1.54, 1.807) is 18.2 Å². The normalized spacial score (nSPS) is 10.2. The first-order valence-corrected chi connectivity index (χ1v) is 5.70. The van der Waals surface area contributed by atoms with Crippen molar-refractivity contribution in [1.29, 1.82) is 0 Å². The highest BCUT2D eigenvalue weighted by molar-refractivity contribution is 6.30. The number of aryl methyl sites for hydroxylation is 1. The second-order valence-corrected chi connectivity index (χ2v) is 4.30. The lowest BCUT2D eigenvalue weighted by atomic mass is 10.1. The SMILES string of the molecule is Cc1cc(COc2ccc(Cl)cc2)ccc1O. The molecule has 0 aliphatic rings. The molecule has 0 unspecified atom stereocenters. The fourth-order valence-corrected chi connectivity index (χ4v) is 1.63. The average Bonchev–Trinajstić information content (AvgIpc) is 2.33. The molecule has 3 heteroatoms. The second-order valence-electron chi connectivity index (χ2n) is 3.86. The Morgan fingerprint density at radius 2 is 1.82 bits per heavy atom. The summed E-state index contributed by atoms with van der Waals surface area (Å²) in [6.45, 7) is 2.34. The van der Waals surface area contributed by atoms with Crippen molar-refractivity contribution in [2.24, 2.45) is 0 Å². The number of ether oxygens (including phenoxy) is 1. The summed E-state index contributed by atoms with van der Waals surface area (Å²) < 4.78 is 5.60. The largest absolute Gasteiger partial charge is 0.508 e. The molecule has 88 valence electrons. The molecule has 0 bridgehead atoms. The van der Waals surface area contributed by atoms with Crippen LogP contribution in [0.3, 0.4) is 0 Å². The van der Waals surface area contributed by atoms with E-state index < -0.39 is 0 Å². The van der Waals surface area contributed by atoms with Gasteiger partial charge in [0.15, 0.2) is 0 Å². The maximum absolute atomic E-state index is 9.40. The number of aromatic hydroxyl groups is 1. The van der Waals surface area contributed by atoms with Crippen LogP contribution in [0.1, 0.15) is 11.1 Å². The van der Waals surface area contributed by atoms with Gasteiger partial charge < -0.3 is 9.84 Å². The minimum absolute atomic E-state index is 0.306. The zero-order valence-electron chi connectivity index (χ0n) is 9.48. The molecule has 2 aromatic rings. The van der Waals surface area contributed by atoms with Gasteiger partial charge in [0, 0.05) is 5.02 Å². The van der Waals surface area contributed by atoms with Crippen LogP contribution in [0.15, 0.2) is 42.5 Å². The Labute approximate surface area is 105 Å². The van der Waals surface area contributed by atoms with Crippen LogP contribution in [0, 0.1) is 6.92 Å². The Hall–Kier alpha value is -1.67. The minimum atomic E-state index is 0.306. The molecule has 0 amide bonds. The number of rotatable bonds is 3. The van der Waals surface area contributed by atoms with Gasteiger partial charge in [0.25, 0.3) is 0 Å². The van der Waals surface area contributed by atoms with E-state index in [4.69, 9.17) is 16.3 Å². The minimum Gasteiger partial charge on any atom is -0.508 e. The summed E-state index contributed by atoms with van der Waals surface area (Å²) in [6, 6.07) is 12.7. The van der Waals surface area contributed by atoms with Crippen molar-refractivity contribution in [2.45, 2.75) is 13.5 Å². The summed E-state index contributed by atoms with van der Waals surface area (Å²) in [5.41, 5.74) is 1.87. The molecular formula is C14H13ClO2. The van der Waals surface area contributed by atoms with Crippen molar-refractivity contribution in [1.82, 2.24) is 0 Å². The first kappa shape index (κ1) is 11.8. The molecule has 2 nitrogen and oxygen atoms in total. The van der Waals surface area contributed by atoms with Crippen LogP contribution >= 0.6 is 11.6 Å². The second kappa shape index (κ2) is 5.11. The molecule has 0 fully saturated rings. The van der Waals surface area contributed by atoms with Crippen LogP contribution in [0.5, 0.6) is 11.5 Å². The zero-order chi connectivity index (χ0) is 12.3. The Bertz CT molecular complexity index is 506. The molecule has 0 spiro atoms. The molecule has 0 heterocycles. The summed E-state index contributed by atoms with van der Waals surface area (Å²) in [7, 11) is 0. The quantitative estimate of drug-likeness (QED) is 0.892. The maximum Gasteiger partial charge on any atom is 0.119 e. The molecule has 17 heavy (non-hydrogen) atoms. The molecular weight excluding hydrogens is 236 g/mol. The summed E-state index contributed by atoms with van der Waals surface area (Å²) in [4.78, 5) is 0. The predicted octanol–water partition coefficient (Wildman–Crippen LogP) is 3.93. The predicted molar refractivity (Wildman–Crippen MR) is 68.6 cm³/mol. The molecule has 1 N–H and O–H groups in total. The van der Waals surface area contributed by atoms with E-state index in [0.29, 0.717) is 17.4 Å². The van der Waals surface area contributed by atoms with Crippen LogP contribution in [-0.4, -0.2) is 5.11 Å². The highest BCUT2D eigenvalue weighted by atomic mass is 35.5. The summed E-state index contributed by atoms with van der Waals surface area (Å²) in [5.74, 6) is 1.08. The third-order valence-electron chi connectivity index (χ3n) is 2.48. The van der Waals surface area contributed by atoms with Crippen molar-refractivity contribution >= 4 is 11.6 Å². The fraction of sp³-hybridized carbons (Fsp3) is 0.143. The first-order chi connectivity index (χ1) is 8.15. The third kappa shape index (κ3) is 3.14. The first-order valence-electron chi connectivity index (χ1n) is 5.32. The molecule has 2 rings (SSSR count). The highest BCUT2D eigenvalue weighted by Gasteiger charge is 1.99. The Morgan fingerprint density at radius 3 is 2.47 bits per heavy atom. The van der Waals surface area contributed by atoms with Crippen molar-refractivity contribution in [3.8, 4) is 11.5 Å². The van der Waals surface area contributed by atoms with Gasteiger partial charge in [-0.1, -0.05) is 17.7 Å². The van der Waals surface area contributed by atoms with Crippen molar-refractivity contribution in [3.63, 3.8) is 0 Å². The van der Waals surface area contributed by atoms with E-state index in [2.05, 4.69) is 0 Å².